The van der Waals surface area contributed by atoms with Crippen molar-refractivity contribution in [2.45, 2.75) is 25.9 Å². The third-order valence-electron chi connectivity index (χ3n) is 6.96. The molecule has 1 aromatic carbocycles. The summed E-state index contributed by atoms with van der Waals surface area (Å²) in [6.07, 6.45) is 11.9. The van der Waals surface area contributed by atoms with Crippen molar-refractivity contribution in [3.63, 3.8) is 0 Å². The topological polar surface area (TPSA) is 91.4 Å². The number of nitrogens with one attached hydrogen (secondary N) is 1. The molecule has 1 unspecified atom stereocenters. The molecule has 1 atom stereocenters. The lowest BCUT2D eigenvalue weighted by Gasteiger charge is -2.34. The van der Waals surface area contributed by atoms with Crippen LogP contribution in [0.5, 0.6) is 0 Å². The van der Waals surface area contributed by atoms with Gasteiger partial charge in [0.25, 0.3) is 5.91 Å². The van der Waals surface area contributed by atoms with Crippen molar-refractivity contribution < 1.29 is 23.9 Å². The number of ether oxygens (including phenoxy) is 2. The Bertz CT molecular complexity index is 1330. The second-order valence-electron chi connectivity index (χ2n) is 9.57. The highest BCUT2D eigenvalue weighted by atomic mass is 32.2. The number of hydrogen-bond acceptors (Lipinski definition) is 9. The highest BCUT2D eigenvalue weighted by Gasteiger charge is 2.29. The summed E-state index contributed by atoms with van der Waals surface area (Å²) in [4.78, 5) is 43.5. The standard InChI is InChI=1S/C29H30N4O5S2/c1-2-38-29(36)33-11-9-31(10-12-33)19-20-3-5-21(6-4-20)26(32-13-15-37-16-14-32)24-18-23(34)8-7-22(24)17-25-27(35)30-28(39)40-25/h3-8,13-17,26H,2,9-12,18-19H2,1H3,(H,30,35,39). The Morgan fingerprint density at radius 2 is 1.85 bits per heavy atom. The first kappa shape index (κ1) is 27.9. The Hall–Kier alpha value is -3.67. The zero-order valence-corrected chi connectivity index (χ0v) is 23.7. The molecule has 9 nitrogen and oxygen atoms in total. The van der Waals surface area contributed by atoms with Crippen LogP contribution in [0.1, 0.15) is 30.5 Å². The maximum atomic E-state index is 12.6. The van der Waals surface area contributed by atoms with Gasteiger partial charge >= 0.3 is 6.09 Å². The molecule has 0 radical (unpaired) electrons. The van der Waals surface area contributed by atoms with Gasteiger partial charge in [0.05, 0.1) is 17.6 Å². The maximum absolute atomic E-state index is 12.6. The van der Waals surface area contributed by atoms with Crippen molar-refractivity contribution in [3.8, 4) is 0 Å². The number of thiocarbonyl (C=S) groups is 1. The number of carbonyl (C=O) groups excluding carboxylic acids is 3. The van der Waals surface area contributed by atoms with Gasteiger partial charge in [0.15, 0.2) is 5.78 Å². The molecule has 3 heterocycles. The van der Waals surface area contributed by atoms with E-state index >= 15 is 0 Å². The minimum atomic E-state index is -0.291. The van der Waals surface area contributed by atoms with Crippen LogP contribution in [0.3, 0.4) is 0 Å². The zero-order valence-electron chi connectivity index (χ0n) is 22.1. The number of benzene rings is 1. The second kappa shape index (κ2) is 12.7. The molecule has 0 aromatic heterocycles. The van der Waals surface area contributed by atoms with Gasteiger partial charge in [0.1, 0.15) is 16.8 Å². The highest BCUT2D eigenvalue weighted by Crippen LogP contribution is 2.38. The number of amides is 2. The molecule has 1 aromatic rings. The predicted molar refractivity (Wildman–Crippen MR) is 156 cm³/mol. The number of hydrogen-bond donors (Lipinski definition) is 1. The number of thioether (sulfide) groups is 1. The molecule has 3 aliphatic heterocycles. The molecule has 0 spiro atoms. The predicted octanol–water partition coefficient (Wildman–Crippen LogP) is 4.13. The first-order chi connectivity index (χ1) is 19.4. The van der Waals surface area contributed by atoms with E-state index < -0.39 is 0 Å². The van der Waals surface area contributed by atoms with E-state index in [1.54, 1.807) is 29.6 Å². The Morgan fingerprint density at radius 1 is 1.12 bits per heavy atom. The van der Waals surface area contributed by atoms with Gasteiger partial charge in [-0.3, -0.25) is 14.5 Å². The SMILES string of the molecule is CCOC(=O)N1CCN(Cc2ccc(C(C3=C(C=C4SC(=S)NC4=O)C=CC(=O)C3)N3C=COC=C3)cc2)CC1. The average Bonchev–Trinajstić information content (AvgIpc) is 3.28. The third-order valence-corrected chi connectivity index (χ3v) is 8.13. The van der Waals surface area contributed by atoms with E-state index in [2.05, 4.69) is 34.5 Å². The number of rotatable bonds is 7. The normalized spacial score (nSPS) is 21.2. The van der Waals surface area contributed by atoms with Crippen molar-refractivity contribution in [3.05, 3.63) is 94.6 Å². The quantitative estimate of drug-likeness (QED) is 0.379. The minimum Gasteiger partial charge on any atom is -0.470 e. The molecule has 0 saturated carbocycles. The molecule has 1 aliphatic carbocycles. The lowest BCUT2D eigenvalue weighted by molar-refractivity contribution is -0.115. The molecule has 208 valence electrons. The fraction of sp³-hybridized carbons (Fsp3) is 0.310. The van der Waals surface area contributed by atoms with Crippen molar-refractivity contribution in [2.24, 2.45) is 0 Å². The molecular weight excluding hydrogens is 548 g/mol. The van der Waals surface area contributed by atoms with Crippen LogP contribution < -0.4 is 5.32 Å². The number of allylic oxidation sites excluding steroid dienone is 4. The number of nitrogens with zero attached hydrogens (tertiary/aromatic N) is 3. The van der Waals surface area contributed by atoms with Crippen LogP contribution in [0.2, 0.25) is 0 Å². The minimum absolute atomic E-state index is 0.000923. The van der Waals surface area contributed by atoms with Gasteiger partial charge in [-0.25, -0.2) is 4.79 Å². The molecule has 2 amide bonds. The molecule has 11 heteroatoms. The van der Waals surface area contributed by atoms with Crippen LogP contribution >= 0.6 is 24.0 Å². The van der Waals surface area contributed by atoms with Gasteiger partial charge in [-0.1, -0.05) is 54.3 Å². The number of ketones is 1. The number of piperazine rings is 1. The second-order valence-corrected chi connectivity index (χ2v) is 11.3. The lowest BCUT2D eigenvalue weighted by Crippen LogP contribution is -2.48. The van der Waals surface area contributed by atoms with E-state index in [4.69, 9.17) is 21.7 Å². The Labute approximate surface area is 242 Å². The highest BCUT2D eigenvalue weighted by molar-refractivity contribution is 8.26. The largest absolute Gasteiger partial charge is 0.470 e. The van der Waals surface area contributed by atoms with E-state index in [1.807, 2.05) is 30.3 Å². The number of carbonyl (C=O) groups is 3. The van der Waals surface area contributed by atoms with E-state index in [9.17, 15) is 14.4 Å². The molecule has 2 saturated heterocycles. The van der Waals surface area contributed by atoms with Crippen molar-refractivity contribution >= 4 is 46.1 Å². The summed E-state index contributed by atoms with van der Waals surface area (Å²) in [5, 5.41) is 2.65. The van der Waals surface area contributed by atoms with E-state index in [0.717, 1.165) is 41.9 Å². The monoisotopic (exact) mass is 578 g/mol. The molecule has 5 rings (SSSR count). The summed E-state index contributed by atoms with van der Waals surface area (Å²) in [5.41, 5.74) is 3.85. The first-order valence-corrected chi connectivity index (χ1v) is 14.3. The van der Waals surface area contributed by atoms with Crippen molar-refractivity contribution in [2.75, 3.05) is 32.8 Å². The van der Waals surface area contributed by atoms with Crippen LogP contribution in [0.25, 0.3) is 0 Å². The lowest BCUT2D eigenvalue weighted by atomic mass is 9.86. The summed E-state index contributed by atoms with van der Waals surface area (Å²) < 4.78 is 10.8. The average molecular weight is 579 g/mol. The van der Waals surface area contributed by atoms with Crippen molar-refractivity contribution in [1.82, 2.24) is 20.0 Å². The smallest absolute Gasteiger partial charge is 0.409 e. The van der Waals surface area contributed by atoms with Crippen LogP contribution in [0.15, 0.2) is 83.5 Å². The fourth-order valence-corrected chi connectivity index (χ4v) is 6.03. The van der Waals surface area contributed by atoms with E-state index in [-0.39, 0.29) is 30.2 Å². The van der Waals surface area contributed by atoms with Gasteiger partial charge in [0.2, 0.25) is 0 Å². The van der Waals surface area contributed by atoms with E-state index in [0.29, 0.717) is 28.9 Å². The van der Waals surface area contributed by atoms with Crippen LogP contribution in [-0.2, 0) is 25.6 Å². The molecule has 4 aliphatic rings. The zero-order chi connectivity index (χ0) is 28.1. The van der Waals surface area contributed by atoms with Crippen LogP contribution in [0.4, 0.5) is 4.79 Å². The van der Waals surface area contributed by atoms with Crippen LogP contribution in [-0.4, -0.2) is 69.6 Å². The summed E-state index contributed by atoms with van der Waals surface area (Å²) in [7, 11) is 0. The molecule has 0 bridgehead atoms. The first-order valence-electron chi connectivity index (χ1n) is 13.1. The Morgan fingerprint density at radius 3 is 2.50 bits per heavy atom. The van der Waals surface area contributed by atoms with Gasteiger partial charge in [-0.05, 0) is 41.3 Å². The summed E-state index contributed by atoms with van der Waals surface area (Å²) >= 11 is 6.37. The van der Waals surface area contributed by atoms with Gasteiger partial charge in [0, 0.05) is 51.5 Å². The Balaban J connectivity index is 1.39. The molecule has 40 heavy (non-hydrogen) atoms. The molecular formula is C29H30N4O5S2. The summed E-state index contributed by atoms with van der Waals surface area (Å²) in [6, 6.07) is 8.08. The Kier molecular flexibility index (Phi) is 8.83. The van der Waals surface area contributed by atoms with Gasteiger partial charge < -0.3 is 24.6 Å². The third kappa shape index (κ3) is 6.55. The van der Waals surface area contributed by atoms with Gasteiger partial charge in [-0.15, -0.1) is 0 Å². The van der Waals surface area contributed by atoms with Gasteiger partial charge in [-0.2, -0.15) is 0 Å². The van der Waals surface area contributed by atoms with E-state index in [1.165, 1.54) is 11.8 Å². The summed E-state index contributed by atoms with van der Waals surface area (Å²) in [5.74, 6) is -0.233. The fourth-order valence-electron chi connectivity index (χ4n) is 4.99. The molecule has 2 fully saturated rings. The summed E-state index contributed by atoms with van der Waals surface area (Å²) in [6.45, 7) is 5.81. The molecule has 1 N–H and O–H groups in total. The van der Waals surface area contributed by atoms with Crippen molar-refractivity contribution in [1.29, 1.82) is 0 Å². The maximum Gasteiger partial charge on any atom is 0.409 e. The van der Waals surface area contributed by atoms with Crippen LogP contribution in [0, 0.1) is 0 Å².